The molecule has 0 fully saturated rings. The summed E-state index contributed by atoms with van der Waals surface area (Å²) in [5.74, 6) is -0.115. The molecule has 0 aliphatic rings. The summed E-state index contributed by atoms with van der Waals surface area (Å²) < 4.78 is 21.4. The minimum atomic E-state index is -0.542. The topological polar surface area (TPSA) is 68.2 Å². The Morgan fingerprint density at radius 1 is 1.36 bits per heavy atom. The molecule has 0 aliphatic carbocycles. The maximum Gasteiger partial charge on any atom is 0.319 e. The van der Waals surface area contributed by atoms with Crippen LogP contribution >= 0.6 is 0 Å². The van der Waals surface area contributed by atoms with Gasteiger partial charge in [0.25, 0.3) is 0 Å². The molecule has 0 bridgehead atoms. The van der Waals surface area contributed by atoms with Crippen LogP contribution in [0, 0.1) is 19.7 Å². The highest BCUT2D eigenvalue weighted by atomic mass is 19.1. The van der Waals surface area contributed by atoms with Gasteiger partial charge in [-0.05, 0) is 46.8 Å². The van der Waals surface area contributed by atoms with Crippen LogP contribution in [0.3, 0.4) is 0 Å². The number of carbonyl (C=O) groups is 1. The number of halogens is 1. The molecule has 0 atom stereocenters. The van der Waals surface area contributed by atoms with Gasteiger partial charge in [0.05, 0.1) is 17.5 Å². The van der Waals surface area contributed by atoms with Crippen LogP contribution < -0.4 is 15.4 Å². The van der Waals surface area contributed by atoms with Crippen LogP contribution in [0.1, 0.15) is 37.7 Å². The number of ether oxygens (including phenoxy) is 1. The van der Waals surface area contributed by atoms with E-state index in [1.165, 1.54) is 12.1 Å². The van der Waals surface area contributed by atoms with Gasteiger partial charge in [-0.3, -0.25) is 4.68 Å². The molecule has 2 rings (SSSR count). The average Bonchev–Trinajstić information content (AvgIpc) is 2.81. The standard InChI is InChI=1S/C18H25FN4O2/c1-6-23-13(5)15(12(4)22-23)10-20-18(24)21-17-8-7-14(9-16(17)19)25-11(2)3/h7-9,11H,6,10H2,1-5H3,(H2,20,21,24). The molecule has 0 unspecified atom stereocenters. The van der Waals surface area contributed by atoms with Crippen LogP contribution in [-0.4, -0.2) is 21.9 Å². The number of carbonyl (C=O) groups excluding carboxylic acids is 1. The van der Waals surface area contributed by atoms with Crippen molar-refractivity contribution in [3.05, 3.63) is 41.0 Å². The molecule has 1 aromatic heterocycles. The van der Waals surface area contributed by atoms with E-state index in [9.17, 15) is 9.18 Å². The Hall–Kier alpha value is -2.57. The van der Waals surface area contributed by atoms with Crippen molar-refractivity contribution < 1.29 is 13.9 Å². The maximum absolute atomic E-state index is 14.1. The number of nitrogens with zero attached hydrogens (tertiary/aromatic N) is 2. The number of aryl methyl sites for hydroxylation is 2. The Balaban J connectivity index is 1.98. The third-order valence-electron chi connectivity index (χ3n) is 3.82. The smallest absolute Gasteiger partial charge is 0.319 e. The van der Waals surface area contributed by atoms with Gasteiger partial charge in [-0.15, -0.1) is 0 Å². The van der Waals surface area contributed by atoms with Gasteiger partial charge < -0.3 is 15.4 Å². The quantitative estimate of drug-likeness (QED) is 0.835. The van der Waals surface area contributed by atoms with E-state index in [-0.39, 0.29) is 11.8 Å². The second-order valence-electron chi connectivity index (χ2n) is 6.08. The van der Waals surface area contributed by atoms with Crippen molar-refractivity contribution in [1.82, 2.24) is 15.1 Å². The molecule has 6 nitrogen and oxygen atoms in total. The first-order chi connectivity index (χ1) is 11.8. The largest absolute Gasteiger partial charge is 0.491 e. The Labute approximate surface area is 147 Å². The van der Waals surface area contributed by atoms with Crippen molar-refractivity contribution in [1.29, 1.82) is 0 Å². The molecule has 2 N–H and O–H groups in total. The van der Waals surface area contributed by atoms with Gasteiger partial charge in [0.15, 0.2) is 0 Å². The minimum Gasteiger partial charge on any atom is -0.491 e. The second-order valence-corrected chi connectivity index (χ2v) is 6.08. The lowest BCUT2D eigenvalue weighted by molar-refractivity contribution is 0.241. The highest BCUT2D eigenvalue weighted by Crippen LogP contribution is 2.21. The summed E-state index contributed by atoms with van der Waals surface area (Å²) in [4.78, 5) is 12.1. The van der Waals surface area contributed by atoms with Crippen LogP contribution in [-0.2, 0) is 13.1 Å². The predicted molar refractivity (Wildman–Crippen MR) is 95.4 cm³/mol. The molecule has 0 saturated carbocycles. The average molecular weight is 348 g/mol. The van der Waals surface area contributed by atoms with E-state index in [1.54, 1.807) is 6.07 Å². The van der Waals surface area contributed by atoms with Crippen LogP contribution in [0.2, 0.25) is 0 Å². The van der Waals surface area contributed by atoms with Gasteiger partial charge in [0.1, 0.15) is 11.6 Å². The first-order valence-electron chi connectivity index (χ1n) is 8.35. The van der Waals surface area contributed by atoms with E-state index in [2.05, 4.69) is 15.7 Å². The van der Waals surface area contributed by atoms with Crippen molar-refractivity contribution >= 4 is 11.7 Å². The number of hydrogen-bond donors (Lipinski definition) is 2. The van der Waals surface area contributed by atoms with E-state index in [0.717, 1.165) is 23.5 Å². The number of benzene rings is 1. The highest BCUT2D eigenvalue weighted by Gasteiger charge is 2.13. The Bertz CT molecular complexity index is 756. The third kappa shape index (κ3) is 4.71. The normalized spacial score (nSPS) is 10.8. The lowest BCUT2D eigenvalue weighted by atomic mass is 10.2. The fourth-order valence-electron chi connectivity index (χ4n) is 2.58. The number of rotatable bonds is 6. The molecule has 2 amide bonds. The second kappa shape index (κ2) is 8.00. The third-order valence-corrected chi connectivity index (χ3v) is 3.82. The Kier molecular flexibility index (Phi) is 6.01. The summed E-state index contributed by atoms with van der Waals surface area (Å²) in [7, 11) is 0. The first kappa shape index (κ1) is 18.8. The zero-order chi connectivity index (χ0) is 18.6. The maximum atomic E-state index is 14.1. The van der Waals surface area contributed by atoms with Crippen LogP contribution in [0.5, 0.6) is 5.75 Å². The summed E-state index contributed by atoms with van der Waals surface area (Å²) in [6.45, 7) is 10.7. The van der Waals surface area contributed by atoms with Crippen molar-refractivity contribution in [2.45, 2.75) is 53.8 Å². The summed E-state index contributed by atoms with van der Waals surface area (Å²) in [6.07, 6.45) is -0.0444. The van der Waals surface area contributed by atoms with E-state index < -0.39 is 11.8 Å². The number of urea groups is 1. The highest BCUT2D eigenvalue weighted by molar-refractivity contribution is 5.89. The molecule has 136 valence electrons. The van der Waals surface area contributed by atoms with Crippen molar-refractivity contribution in [3.8, 4) is 5.75 Å². The van der Waals surface area contributed by atoms with E-state index in [4.69, 9.17) is 4.74 Å². The van der Waals surface area contributed by atoms with Gasteiger partial charge >= 0.3 is 6.03 Å². The van der Waals surface area contributed by atoms with E-state index in [1.807, 2.05) is 39.3 Å². The molecular weight excluding hydrogens is 323 g/mol. The molecule has 0 aliphatic heterocycles. The molecule has 1 heterocycles. The SMILES string of the molecule is CCn1nc(C)c(CNC(=O)Nc2ccc(OC(C)C)cc2F)c1C. The summed E-state index contributed by atoms with van der Waals surface area (Å²) in [5, 5.41) is 9.66. The number of hydrogen-bond acceptors (Lipinski definition) is 3. The number of anilines is 1. The van der Waals surface area contributed by atoms with Gasteiger partial charge in [-0.1, -0.05) is 0 Å². The summed E-state index contributed by atoms with van der Waals surface area (Å²) >= 11 is 0. The fourth-order valence-corrected chi connectivity index (χ4v) is 2.58. The Morgan fingerprint density at radius 3 is 2.64 bits per heavy atom. The van der Waals surface area contributed by atoms with Crippen molar-refractivity contribution in [2.75, 3.05) is 5.32 Å². The lowest BCUT2D eigenvalue weighted by Gasteiger charge is -2.12. The number of amides is 2. The van der Waals surface area contributed by atoms with Gasteiger partial charge in [0, 0.05) is 30.4 Å². The molecule has 0 saturated heterocycles. The fraction of sp³-hybridized carbons (Fsp3) is 0.444. The van der Waals surface area contributed by atoms with Crippen molar-refractivity contribution in [3.63, 3.8) is 0 Å². The van der Waals surface area contributed by atoms with Gasteiger partial charge in [-0.2, -0.15) is 5.10 Å². The van der Waals surface area contributed by atoms with E-state index >= 15 is 0 Å². The van der Waals surface area contributed by atoms with E-state index in [0.29, 0.717) is 12.3 Å². The predicted octanol–water partition coefficient (Wildman–Crippen LogP) is 3.77. The van der Waals surface area contributed by atoms with Crippen LogP contribution in [0.25, 0.3) is 0 Å². The molecule has 1 aromatic carbocycles. The molecule has 2 aromatic rings. The Morgan fingerprint density at radius 2 is 2.08 bits per heavy atom. The molecule has 25 heavy (non-hydrogen) atoms. The molecular formula is C18H25FN4O2. The van der Waals surface area contributed by atoms with Crippen molar-refractivity contribution in [2.24, 2.45) is 0 Å². The number of nitrogens with one attached hydrogen (secondary N) is 2. The number of aromatic nitrogens is 2. The van der Waals surface area contributed by atoms with Crippen LogP contribution in [0.15, 0.2) is 18.2 Å². The minimum absolute atomic E-state index is 0.0444. The van der Waals surface area contributed by atoms with Gasteiger partial charge in [-0.25, -0.2) is 9.18 Å². The zero-order valence-corrected chi connectivity index (χ0v) is 15.3. The summed E-state index contributed by atoms with van der Waals surface area (Å²) in [6, 6.07) is 3.89. The lowest BCUT2D eigenvalue weighted by Crippen LogP contribution is -2.29. The first-order valence-corrected chi connectivity index (χ1v) is 8.35. The molecule has 7 heteroatoms. The summed E-state index contributed by atoms with van der Waals surface area (Å²) in [5.41, 5.74) is 2.96. The van der Waals surface area contributed by atoms with Crippen LogP contribution in [0.4, 0.5) is 14.9 Å². The molecule has 0 spiro atoms. The molecule has 0 radical (unpaired) electrons. The zero-order valence-electron chi connectivity index (χ0n) is 15.3. The monoisotopic (exact) mass is 348 g/mol. The van der Waals surface area contributed by atoms with Gasteiger partial charge in [0.2, 0.25) is 0 Å².